The van der Waals surface area contributed by atoms with Crippen LogP contribution in [0.2, 0.25) is 10.0 Å². The summed E-state index contributed by atoms with van der Waals surface area (Å²) in [6.07, 6.45) is 0.304. The maximum absolute atomic E-state index is 10.2. The Hall–Kier alpha value is -1.84. The molecular formula is C22H21Cl2NO. The van der Waals surface area contributed by atoms with Gasteiger partial charge in [-0.2, -0.15) is 0 Å². The van der Waals surface area contributed by atoms with Crippen molar-refractivity contribution in [2.24, 2.45) is 0 Å². The van der Waals surface area contributed by atoms with Crippen LogP contribution in [0.25, 0.3) is 11.1 Å². The van der Waals surface area contributed by atoms with E-state index in [0.29, 0.717) is 11.6 Å². The summed E-state index contributed by atoms with van der Waals surface area (Å²) in [7, 11) is 0. The molecule has 2 nitrogen and oxygen atoms in total. The summed E-state index contributed by atoms with van der Waals surface area (Å²) in [5.41, 5.74) is 4.19. The highest BCUT2D eigenvalue weighted by atomic mass is 35.5. The molecule has 0 aromatic heterocycles. The van der Waals surface area contributed by atoms with E-state index in [4.69, 9.17) is 23.2 Å². The number of rotatable bonds is 7. The number of hydrogen-bond donors (Lipinski definition) is 2. The molecule has 26 heavy (non-hydrogen) atoms. The zero-order chi connectivity index (χ0) is 18.4. The number of nitrogens with one attached hydrogen (secondary N) is 1. The Morgan fingerprint density at radius 1 is 0.885 bits per heavy atom. The van der Waals surface area contributed by atoms with Crippen molar-refractivity contribution in [2.45, 2.75) is 12.5 Å². The van der Waals surface area contributed by atoms with Gasteiger partial charge in [-0.15, -0.1) is 0 Å². The Bertz CT molecular complexity index is 835. The third-order valence-electron chi connectivity index (χ3n) is 4.30. The summed E-state index contributed by atoms with van der Waals surface area (Å²) in [4.78, 5) is 0. The van der Waals surface area contributed by atoms with Crippen molar-refractivity contribution < 1.29 is 5.11 Å². The average Bonchev–Trinajstić information content (AvgIpc) is 2.66. The number of halogens is 2. The minimum absolute atomic E-state index is 0.497. The van der Waals surface area contributed by atoms with Gasteiger partial charge in [0.15, 0.2) is 0 Å². The molecule has 134 valence electrons. The molecule has 3 aromatic rings. The van der Waals surface area contributed by atoms with Gasteiger partial charge in [0.25, 0.3) is 0 Å². The normalized spacial score (nSPS) is 12.1. The fourth-order valence-electron chi connectivity index (χ4n) is 2.84. The van der Waals surface area contributed by atoms with Gasteiger partial charge in [-0.1, -0.05) is 77.8 Å². The lowest BCUT2D eigenvalue weighted by atomic mass is 10.0. The van der Waals surface area contributed by atoms with Gasteiger partial charge in [-0.3, -0.25) is 0 Å². The molecule has 0 fully saturated rings. The molecule has 0 aliphatic heterocycles. The molecule has 0 aliphatic rings. The summed E-state index contributed by atoms with van der Waals surface area (Å²) in [5, 5.41) is 14.9. The fraction of sp³-hybridized carbons (Fsp3) is 0.182. The molecule has 0 heterocycles. The summed E-state index contributed by atoms with van der Waals surface area (Å²) in [6.45, 7) is 1.27. The molecule has 1 atom stereocenters. The maximum Gasteiger partial charge on any atom is 0.0914 e. The minimum atomic E-state index is -0.545. The molecule has 0 aliphatic carbocycles. The Labute approximate surface area is 164 Å². The molecule has 0 spiro atoms. The van der Waals surface area contributed by atoms with Crippen LogP contribution in [0, 0.1) is 0 Å². The average molecular weight is 386 g/mol. The first-order valence-electron chi connectivity index (χ1n) is 8.61. The Balaban J connectivity index is 1.51. The van der Waals surface area contributed by atoms with Gasteiger partial charge in [-0.05, 0) is 47.9 Å². The van der Waals surface area contributed by atoms with E-state index < -0.39 is 6.10 Å². The van der Waals surface area contributed by atoms with Gasteiger partial charge in [0.2, 0.25) is 0 Å². The predicted molar refractivity (Wildman–Crippen MR) is 110 cm³/mol. The van der Waals surface area contributed by atoms with E-state index in [0.717, 1.165) is 34.7 Å². The van der Waals surface area contributed by atoms with Crippen molar-refractivity contribution in [1.29, 1.82) is 0 Å². The SMILES string of the molecule is OC(CNCCc1ccc(-c2ccccc2)c(Cl)c1)c1ccc(Cl)cc1. The third kappa shape index (κ3) is 5.09. The lowest BCUT2D eigenvalue weighted by molar-refractivity contribution is 0.175. The Kier molecular flexibility index (Phi) is 6.70. The zero-order valence-electron chi connectivity index (χ0n) is 14.3. The van der Waals surface area contributed by atoms with Crippen molar-refractivity contribution in [3.63, 3.8) is 0 Å². The fourth-order valence-corrected chi connectivity index (χ4v) is 3.28. The van der Waals surface area contributed by atoms with Crippen LogP contribution >= 0.6 is 23.2 Å². The summed E-state index contributed by atoms with van der Waals surface area (Å²) < 4.78 is 0. The van der Waals surface area contributed by atoms with Gasteiger partial charge in [0.1, 0.15) is 0 Å². The smallest absolute Gasteiger partial charge is 0.0914 e. The highest BCUT2D eigenvalue weighted by Gasteiger charge is 2.07. The first-order chi connectivity index (χ1) is 12.6. The van der Waals surface area contributed by atoms with Crippen LogP contribution in [0.15, 0.2) is 72.8 Å². The lowest BCUT2D eigenvalue weighted by Gasteiger charge is -2.13. The maximum atomic E-state index is 10.2. The topological polar surface area (TPSA) is 32.3 Å². The largest absolute Gasteiger partial charge is 0.387 e. The van der Waals surface area contributed by atoms with Gasteiger partial charge in [0, 0.05) is 22.2 Å². The molecular weight excluding hydrogens is 365 g/mol. The molecule has 0 saturated carbocycles. The van der Waals surface area contributed by atoms with Crippen LogP contribution in [-0.2, 0) is 6.42 Å². The van der Waals surface area contributed by atoms with Crippen LogP contribution in [0.3, 0.4) is 0 Å². The molecule has 3 rings (SSSR count). The summed E-state index contributed by atoms with van der Waals surface area (Å²) in [6, 6.07) is 23.6. The van der Waals surface area contributed by atoms with Gasteiger partial charge >= 0.3 is 0 Å². The van der Waals surface area contributed by atoms with Crippen LogP contribution < -0.4 is 5.32 Å². The molecule has 0 amide bonds. The van der Waals surface area contributed by atoms with E-state index in [9.17, 15) is 5.11 Å². The highest BCUT2D eigenvalue weighted by molar-refractivity contribution is 6.33. The Morgan fingerprint density at radius 2 is 1.62 bits per heavy atom. The van der Waals surface area contributed by atoms with Crippen molar-refractivity contribution in [1.82, 2.24) is 5.32 Å². The van der Waals surface area contributed by atoms with Crippen molar-refractivity contribution in [3.8, 4) is 11.1 Å². The van der Waals surface area contributed by atoms with E-state index in [2.05, 4.69) is 29.6 Å². The second kappa shape index (κ2) is 9.20. The number of hydrogen-bond acceptors (Lipinski definition) is 2. The minimum Gasteiger partial charge on any atom is -0.387 e. The molecule has 3 aromatic carbocycles. The number of aliphatic hydroxyl groups is 1. The van der Waals surface area contributed by atoms with Crippen LogP contribution in [0.5, 0.6) is 0 Å². The van der Waals surface area contributed by atoms with Gasteiger partial charge in [-0.25, -0.2) is 0 Å². The first kappa shape index (κ1) is 18.9. The van der Waals surface area contributed by atoms with Crippen molar-refractivity contribution in [3.05, 3.63) is 94.0 Å². The van der Waals surface area contributed by atoms with E-state index in [1.165, 1.54) is 5.56 Å². The third-order valence-corrected chi connectivity index (χ3v) is 4.87. The molecule has 2 N–H and O–H groups in total. The van der Waals surface area contributed by atoms with Crippen molar-refractivity contribution in [2.75, 3.05) is 13.1 Å². The quantitative estimate of drug-likeness (QED) is 0.524. The van der Waals surface area contributed by atoms with E-state index in [1.54, 1.807) is 12.1 Å². The second-order valence-electron chi connectivity index (χ2n) is 6.20. The van der Waals surface area contributed by atoms with E-state index in [1.807, 2.05) is 36.4 Å². The summed E-state index contributed by atoms with van der Waals surface area (Å²) in [5.74, 6) is 0. The van der Waals surface area contributed by atoms with Crippen LogP contribution in [0.4, 0.5) is 0 Å². The number of aliphatic hydroxyl groups excluding tert-OH is 1. The molecule has 0 radical (unpaired) electrons. The second-order valence-corrected chi connectivity index (χ2v) is 7.05. The van der Waals surface area contributed by atoms with E-state index >= 15 is 0 Å². The van der Waals surface area contributed by atoms with E-state index in [-0.39, 0.29) is 0 Å². The van der Waals surface area contributed by atoms with Crippen molar-refractivity contribution >= 4 is 23.2 Å². The lowest BCUT2D eigenvalue weighted by Crippen LogP contribution is -2.23. The zero-order valence-corrected chi connectivity index (χ0v) is 15.8. The summed E-state index contributed by atoms with van der Waals surface area (Å²) >= 11 is 12.3. The molecule has 0 bridgehead atoms. The first-order valence-corrected chi connectivity index (χ1v) is 9.37. The monoisotopic (exact) mass is 385 g/mol. The predicted octanol–water partition coefficient (Wildman–Crippen LogP) is 5.53. The standard InChI is InChI=1S/C22H21Cl2NO/c23-19-9-7-18(8-10-19)22(26)15-25-13-12-16-6-11-20(21(24)14-16)17-4-2-1-3-5-17/h1-11,14,22,25-26H,12-13,15H2. The number of benzene rings is 3. The Morgan fingerprint density at radius 3 is 2.31 bits per heavy atom. The highest BCUT2D eigenvalue weighted by Crippen LogP contribution is 2.28. The molecule has 4 heteroatoms. The van der Waals surface area contributed by atoms with Gasteiger partial charge < -0.3 is 10.4 Å². The van der Waals surface area contributed by atoms with Crippen LogP contribution in [-0.4, -0.2) is 18.2 Å². The van der Waals surface area contributed by atoms with Crippen LogP contribution in [0.1, 0.15) is 17.2 Å². The molecule has 1 unspecified atom stereocenters. The van der Waals surface area contributed by atoms with Gasteiger partial charge in [0.05, 0.1) is 6.10 Å². The molecule has 0 saturated heterocycles.